The van der Waals surface area contributed by atoms with E-state index in [0.717, 1.165) is 22.3 Å². The zero-order valence-corrected chi connectivity index (χ0v) is 35.2. The second-order valence-corrected chi connectivity index (χ2v) is 15.2. The summed E-state index contributed by atoms with van der Waals surface area (Å²) in [5, 5.41) is 22.4. The van der Waals surface area contributed by atoms with E-state index in [9.17, 15) is 29.1 Å². The molecule has 62 heavy (non-hydrogen) atoms. The Kier molecular flexibility index (Phi) is 16.7. The molecule has 0 radical (unpaired) electrons. The van der Waals surface area contributed by atoms with Crippen molar-refractivity contribution in [1.82, 2.24) is 21.3 Å². The van der Waals surface area contributed by atoms with Crippen LogP contribution in [-0.2, 0) is 47.2 Å². The molecule has 12 heteroatoms. The average Bonchev–Trinajstić information content (AvgIpc) is 3.28. The third-order valence-corrected chi connectivity index (χ3v) is 10.1. The summed E-state index contributed by atoms with van der Waals surface area (Å²) in [6.45, 7) is 4.43. The maximum absolute atomic E-state index is 14.3. The molecule has 5 N–H and O–H groups in total. The average molecular weight is 839 g/mol. The van der Waals surface area contributed by atoms with Gasteiger partial charge in [0.15, 0.2) is 0 Å². The van der Waals surface area contributed by atoms with E-state index in [1.54, 1.807) is 55.5 Å². The van der Waals surface area contributed by atoms with Crippen molar-refractivity contribution in [3.63, 3.8) is 0 Å². The number of rotatable bonds is 20. The van der Waals surface area contributed by atoms with Crippen molar-refractivity contribution >= 4 is 29.8 Å². The highest BCUT2D eigenvalue weighted by Gasteiger charge is 2.39. The molecule has 5 rings (SSSR count). The van der Waals surface area contributed by atoms with E-state index >= 15 is 0 Å². The minimum Gasteiger partial charge on any atom is -0.463 e. The molecule has 4 amide bonds. The highest BCUT2D eigenvalue weighted by atomic mass is 16.5. The number of ether oxygens (including phenoxy) is 2. The number of nitrogens with one attached hydrogen (secondary N) is 4. The van der Waals surface area contributed by atoms with Crippen LogP contribution in [0.2, 0.25) is 0 Å². The number of amides is 4. The van der Waals surface area contributed by atoms with Crippen LogP contribution >= 0.6 is 0 Å². The molecule has 0 aromatic heterocycles. The predicted octanol–water partition coefficient (Wildman–Crippen LogP) is 6.27. The van der Waals surface area contributed by atoms with Crippen molar-refractivity contribution in [3.8, 4) is 0 Å². The molecule has 0 saturated heterocycles. The summed E-state index contributed by atoms with van der Waals surface area (Å²) in [7, 11) is 0. The number of carbonyl (C=O) groups excluding carboxylic acids is 5. The summed E-state index contributed by atoms with van der Waals surface area (Å²) >= 11 is 0. The molecular weight excluding hydrogens is 785 g/mol. The predicted molar refractivity (Wildman–Crippen MR) is 236 cm³/mol. The maximum Gasteiger partial charge on any atom is 0.408 e. The molecule has 0 heterocycles. The fourth-order valence-electron chi connectivity index (χ4n) is 6.98. The maximum atomic E-state index is 14.3. The van der Waals surface area contributed by atoms with Gasteiger partial charge in [0.2, 0.25) is 17.7 Å². The molecule has 0 aliphatic heterocycles. The molecule has 3 atom stereocenters. The summed E-state index contributed by atoms with van der Waals surface area (Å²) in [4.78, 5) is 67.9. The van der Waals surface area contributed by atoms with Crippen LogP contribution in [0.1, 0.15) is 61.4 Å². The number of aliphatic hydroxyl groups is 1. The number of carbonyl (C=O) groups is 5. The van der Waals surface area contributed by atoms with E-state index in [1.165, 1.54) is 26.0 Å². The van der Waals surface area contributed by atoms with Gasteiger partial charge in [-0.2, -0.15) is 0 Å². The van der Waals surface area contributed by atoms with Crippen molar-refractivity contribution in [2.24, 2.45) is 0 Å². The van der Waals surface area contributed by atoms with Crippen LogP contribution in [0.3, 0.4) is 0 Å². The van der Waals surface area contributed by atoms with Crippen molar-refractivity contribution in [2.45, 2.75) is 75.9 Å². The number of hydrogen-bond donors (Lipinski definition) is 5. The highest BCUT2D eigenvalue weighted by molar-refractivity contribution is 5.92. The third kappa shape index (κ3) is 13.2. The molecule has 12 nitrogen and oxygen atoms in total. The Morgan fingerprint density at radius 1 is 0.629 bits per heavy atom. The van der Waals surface area contributed by atoms with E-state index in [0.29, 0.717) is 5.56 Å². The van der Waals surface area contributed by atoms with Gasteiger partial charge in [0.1, 0.15) is 24.2 Å². The van der Waals surface area contributed by atoms with Gasteiger partial charge in [-0.05, 0) is 55.0 Å². The summed E-state index contributed by atoms with van der Waals surface area (Å²) in [6, 6.07) is 43.2. The van der Waals surface area contributed by atoms with E-state index in [4.69, 9.17) is 9.47 Å². The van der Waals surface area contributed by atoms with Gasteiger partial charge in [0.05, 0.1) is 12.2 Å². The molecule has 5 aromatic carbocycles. The first-order valence-corrected chi connectivity index (χ1v) is 20.6. The Morgan fingerprint density at radius 3 is 1.60 bits per heavy atom. The van der Waals surface area contributed by atoms with Crippen LogP contribution in [0, 0.1) is 0 Å². The third-order valence-electron chi connectivity index (χ3n) is 10.1. The van der Waals surface area contributed by atoms with Crippen LogP contribution in [0.25, 0.3) is 0 Å². The molecule has 0 saturated carbocycles. The van der Waals surface area contributed by atoms with Crippen LogP contribution in [-0.4, -0.2) is 65.2 Å². The normalized spacial score (nSPS) is 12.9. The molecule has 0 aliphatic rings. The Labute approximate surface area is 362 Å². The van der Waals surface area contributed by atoms with Crippen molar-refractivity contribution in [2.75, 3.05) is 6.61 Å². The molecule has 0 bridgehead atoms. The highest BCUT2D eigenvalue weighted by Crippen LogP contribution is 2.37. The summed E-state index contributed by atoms with van der Waals surface area (Å²) in [5.74, 6) is -2.46. The fourth-order valence-corrected chi connectivity index (χ4v) is 6.98. The molecule has 0 aliphatic carbocycles. The Bertz CT molecular complexity index is 2140. The topological polar surface area (TPSA) is 172 Å². The van der Waals surface area contributed by atoms with Gasteiger partial charge >= 0.3 is 12.1 Å². The molecule has 0 spiro atoms. The lowest BCUT2D eigenvalue weighted by atomic mass is 9.77. The first kappa shape index (κ1) is 46.0. The van der Waals surface area contributed by atoms with Crippen LogP contribution in [0.15, 0.2) is 164 Å². The van der Waals surface area contributed by atoms with Gasteiger partial charge < -0.3 is 35.8 Å². The molecule has 322 valence electrons. The lowest BCUT2D eigenvalue weighted by Gasteiger charge is -2.37. The van der Waals surface area contributed by atoms with Crippen LogP contribution < -0.4 is 21.3 Å². The Morgan fingerprint density at radius 2 is 1.11 bits per heavy atom. The lowest BCUT2D eigenvalue weighted by molar-refractivity contribution is -0.137. The Hall–Kier alpha value is -7.05. The molecular formula is C50H54N4O8. The Balaban J connectivity index is 1.38. The smallest absolute Gasteiger partial charge is 0.408 e. The zero-order chi connectivity index (χ0) is 44.4. The van der Waals surface area contributed by atoms with E-state index in [-0.39, 0.29) is 38.4 Å². The first-order valence-electron chi connectivity index (χ1n) is 20.6. The number of hydrogen-bond acceptors (Lipinski definition) is 8. The second-order valence-electron chi connectivity index (χ2n) is 15.2. The largest absolute Gasteiger partial charge is 0.463 e. The van der Waals surface area contributed by atoms with Gasteiger partial charge in [-0.1, -0.05) is 158 Å². The van der Waals surface area contributed by atoms with Gasteiger partial charge in [-0.15, -0.1) is 0 Å². The van der Waals surface area contributed by atoms with E-state index in [2.05, 4.69) is 21.3 Å². The summed E-state index contributed by atoms with van der Waals surface area (Å²) < 4.78 is 10.4. The van der Waals surface area contributed by atoms with Crippen molar-refractivity contribution < 1.29 is 38.6 Å². The molecule has 0 unspecified atom stereocenters. The van der Waals surface area contributed by atoms with Gasteiger partial charge in [-0.25, -0.2) is 9.59 Å². The summed E-state index contributed by atoms with van der Waals surface area (Å²) in [6.07, 6.45) is 1.69. The molecule has 5 aromatic rings. The van der Waals surface area contributed by atoms with Gasteiger partial charge in [-0.3, -0.25) is 14.4 Å². The minimum absolute atomic E-state index is 0.0258. The lowest BCUT2D eigenvalue weighted by Crippen LogP contribution is -2.61. The van der Waals surface area contributed by atoms with E-state index in [1.807, 2.05) is 103 Å². The monoisotopic (exact) mass is 838 g/mol. The standard InChI is InChI=1S/C50H54N4O8/c1-4-61-44(56)33-31-41(30-32-43(55)54-50(38-24-14-7-15-25-38,39-26-16-8-17-27-39)40-28-18-9-19-29-40)51-46(57)42(34-36-20-10-5-11-21-36)52-47(58)45(49(2,3)60)53-48(59)62-35-37-22-12-6-13-23-37/h5-29,31,33,41-42,45,60H,4,30,32,34-35H2,1-3H3,(H,51,57)(H,52,58)(H,53,59)(H,54,55)/b33-31+/t41-,42-,45+/m0/s1. The molecule has 0 fully saturated rings. The van der Waals surface area contributed by atoms with Crippen LogP contribution in [0.5, 0.6) is 0 Å². The quantitative estimate of drug-likeness (QED) is 0.0347. The van der Waals surface area contributed by atoms with Gasteiger partial charge in [0.25, 0.3) is 0 Å². The minimum atomic E-state index is -1.78. The van der Waals surface area contributed by atoms with Crippen LogP contribution in [0.4, 0.5) is 4.79 Å². The SMILES string of the molecule is CCOC(=O)/C=C/[C@H](CCC(=O)NC(c1ccccc1)(c1ccccc1)c1ccccc1)NC(=O)[C@H](Cc1ccccc1)NC(=O)[C@@H](NC(=O)OCc1ccccc1)C(C)(C)O. The number of benzene rings is 5. The second kappa shape index (κ2) is 22.5. The number of esters is 1. The zero-order valence-electron chi connectivity index (χ0n) is 35.2. The van der Waals surface area contributed by atoms with Crippen molar-refractivity contribution in [1.29, 1.82) is 0 Å². The summed E-state index contributed by atoms with van der Waals surface area (Å²) in [5.41, 5.74) is 1.07. The van der Waals surface area contributed by atoms with Crippen molar-refractivity contribution in [3.05, 3.63) is 192 Å². The van der Waals surface area contributed by atoms with E-state index < -0.39 is 53.1 Å². The fraction of sp³-hybridized carbons (Fsp3) is 0.260. The number of alkyl carbamates (subject to hydrolysis) is 1. The van der Waals surface area contributed by atoms with Gasteiger partial charge in [0, 0.05) is 25.0 Å². The first-order chi connectivity index (χ1) is 29.9.